The molecule has 744 valence electrons. The molecule has 2 fully saturated rings. The van der Waals surface area contributed by atoms with E-state index in [1.807, 2.05) is 209 Å². The van der Waals surface area contributed by atoms with Crippen LogP contribution in [-0.4, -0.2) is 128 Å². The van der Waals surface area contributed by atoms with E-state index in [0.29, 0.717) is 112 Å². The van der Waals surface area contributed by atoms with Gasteiger partial charge in [0, 0.05) is 106 Å². The maximum absolute atomic E-state index is 14.9. The Morgan fingerprint density at radius 2 is 0.712 bits per heavy atom. The standard InChI is InChI=1S/C27H28ClN7O.C23H23FN4O.C22H21FN4O.C21H21FN4O.C20H19FN4O/c1-3-5-19-14-23(31-16-19)32-25-15-24(30-8-4-10-35-11-9-29-17-35)33-27(34-25)36-22-7-6-20-12-18(2)13-21(20)26(22)28;1-3-17-11-21(27-20-10-16(12-25-20)14-4-5-14)28-23(26-17)29-19-7-6-15-8-13(2)9-18(15)22(19)24;1-12-7-15-5-6-18(21(23)17(15)8-12)28-22-25-13(2)9-20(27-22)26-19-10-16(11-24-19)14-3-4-14;1-4-15-10-19(25-18-9-13(3)11-23-18)26-21(24-15)27-17-6-5-14-7-12(2)8-16(14)20(17)22;1-11-6-14-4-5-16(19(21)15(14)7-11)26-20-23-13(3)9-18(25-20)24-17-8-12(2)10-22-17/h3,5-7,9,11,13-15,17H,4,8,10,12,16H2,1-2H3,(H2,30,31,32,33,34);6-7,9-11,14H,3-5,8,12H2,1-2H3,(H,25,26,27,28);5-6,8-10,14H,3-4,7,11H2,1-2H3,(H,24,25,26,27);5-6,8-10H,4,7,11H2,1-3H3,(H,23,24,25,26);4-5,7-9H,6,10H2,1-3H3,(H,22,23,24,25)/b5-3+;;;;. The van der Waals surface area contributed by atoms with Crippen LogP contribution in [0.1, 0.15) is 180 Å². The molecular formula is C113H112ClF4N23O5. The average Bonchev–Trinajstić information content (AvgIpc) is 1.65. The number of hydrogen-bond acceptors (Lipinski definition) is 27. The predicted molar refractivity (Wildman–Crippen MR) is 570 cm³/mol. The number of imidazole rings is 1. The molecule has 0 bridgehead atoms. The van der Waals surface area contributed by atoms with Gasteiger partial charge in [-0.1, -0.05) is 126 Å². The predicted octanol–water partition coefficient (Wildman–Crippen LogP) is 25.0. The number of nitrogens with one attached hydrogen (secondary N) is 6. The first-order chi connectivity index (χ1) is 70.7. The van der Waals surface area contributed by atoms with Crippen LogP contribution >= 0.6 is 11.6 Å². The van der Waals surface area contributed by atoms with Gasteiger partial charge in [-0.15, -0.1) is 0 Å². The lowest BCUT2D eigenvalue weighted by molar-refractivity contribution is 0.409. The zero-order valence-electron chi connectivity index (χ0n) is 83.4. The monoisotopic (exact) mass is 1980 g/mol. The number of allylic oxidation sites excluding steroid dienone is 6. The molecule has 28 nitrogen and oxygen atoms in total. The second-order valence-corrected chi connectivity index (χ2v) is 38.4. The highest BCUT2D eigenvalue weighted by Crippen LogP contribution is 2.44. The lowest BCUT2D eigenvalue weighted by Gasteiger charge is -2.13. The van der Waals surface area contributed by atoms with Gasteiger partial charge in [-0.3, -0.25) is 25.0 Å². The van der Waals surface area contributed by atoms with Crippen molar-refractivity contribution in [2.45, 2.75) is 167 Å². The number of fused-ring (bicyclic) bond motifs is 5. The third-order valence-electron chi connectivity index (χ3n) is 25.4. The van der Waals surface area contributed by atoms with Crippen LogP contribution < -0.4 is 55.6 Å². The Labute approximate surface area is 849 Å². The minimum atomic E-state index is -0.377. The van der Waals surface area contributed by atoms with E-state index in [1.165, 1.54) is 59.1 Å². The van der Waals surface area contributed by atoms with E-state index in [9.17, 15) is 17.6 Å². The van der Waals surface area contributed by atoms with Crippen LogP contribution in [0.15, 0.2) is 233 Å². The summed E-state index contributed by atoms with van der Waals surface area (Å²) in [4.78, 5) is 70.5. The first-order valence-corrected chi connectivity index (χ1v) is 49.6. The summed E-state index contributed by atoms with van der Waals surface area (Å²) in [5.74, 6) is 8.42. The summed E-state index contributed by atoms with van der Waals surface area (Å²) >= 11 is 6.69. The Kier molecular flexibility index (Phi) is 29.8. The van der Waals surface area contributed by atoms with Gasteiger partial charge in [0.15, 0.2) is 46.3 Å². The summed E-state index contributed by atoms with van der Waals surface area (Å²) in [6.07, 6.45) is 40.7. The molecule has 11 heterocycles. The van der Waals surface area contributed by atoms with Gasteiger partial charge in [-0.05, 0) is 275 Å². The van der Waals surface area contributed by atoms with Crippen LogP contribution in [-0.2, 0) is 51.5 Å². The number of rotatable bonds is 25. The smallest absolute Gasteiger partial charge is 0.325 e. The Morgan fingerprint density at radius 3 is 1.10 bits per heavy atom. The molecule has 0 spiro atoms. The van der Waals surface area contributed by atoms with Gasteiger partial charge in [-0.25, -0.2) is 32.5 Å². The largest absolute Gasteiger partial charge is 0.423 e. The molecule has 6 N–H and O–H groups in total. The number of hydrogen-bond donors (Lipinski definition) is 6. The summed E-state index contributed by atoms with van der Waals surface area (Å²) in [5, 5.41) is 20.0. The zero-order valence-corrected chi connectivity index (χ0v) is 84.2. The topological polar surface area (TPSA) is 327 Å². The normalized spacial score (nSPS) is 16.0. The van der Waals surface area contributed by atoms with Crippen molar-refractivity contribution in [2.24, 2.45) is 36.8 Å². The van der Waals surface area contributed by atoms with Crippen LogP contribution in [0.25, 0.3) is 30.4 Å². The molecule has 11 aromatic rings. The van der Waals surface area contributed by atoms with Crippen LogP contribution in [0.5, 0.6) is 58.8 Å². The molecule has 0 saturated heterocycles. The van der Waals surface area contributed by atoms with Gasteiger partial charge in [-0.2, -0.15) is 39.9 Å². The van der Waals surface area contributed by atoms with Crippen LogP contribution in [0.2, 0.25) is 5.02 Å². The number of halogens is 5. The van der Waals surface area contributed by atoms with Gasteiger partial charge in [0.05, 0.1) is 44.1 Å². The minimum Gasteiger partial charge on any atom is -0.423 e. The molecule has 0 amide bonds. The quantitative estimate of drug-likeness (QED) is 0.0229. The Hall–Kier alpha value is -16.0. The highest BCUT2D eigenvalue weighted by Gasteiger charge is 2.32. The fourth-order valence-electron chi connectivity index (χ4n) is 18.0. The van der Waals surface area contributed by atoms with Gasteiger partial charge < -0.3 is 60.2 Å². The SMILES string of the molecule is C/C=C/C1=CC(Nc2cc(NCCCn3ccnc3)nc(Oc3ccc4c(c3Cl)C=C(C)C4)n2)=NC1.CC1=CC(Nc2cc(C)nc(Oc3ccc4c(c3F)C=C(C)C4)n2)=NC1.CC1=Cc2c(ccc(Oc3nc(C)cc(NC4=NCC(C5CC5)=C4)n3)c2F)C1.CCc1cc(NC2=NCC(C)=C2)nc(Oc2ccc3c(c2F)C=C(C)C3)n1.CCc1cc(NC2=NCC(C3CC3)=C2)nc(Oc2ccc3c(c2F)C=C(C)C3)n1. The molecule has 146 heavy (non-hydrogen) atoms. The second kappa shape index (κ2) is 44.1. The highest BCUT2D eigenvalue weighted by atomic mass is 35.5. The van der Waals surface area contributed by atoms with Gasteiger partial charge in [0.1, 0.15) is 69.8 Å². The number of anilines is 6. The molecular weight excluding hydrogens is 1870 g/mol. The van der Waals surface area contributed by atoms with Crippen LogP contribution in [0.4, 0.5) is 52.5 Å². The molecule has 0 radical (unpaired) electrons. The fraction of sp³-hybridized carbons (Fsp3) is 0.292. The fourth-order valence-corrected chi connectivity index (χ4v) is 18.3. The third-order valence-corrected chi connectivity index (χ3v) is 25.8. The van der Waals surface area contributed by atoms with E-state index in [-0.39, 0.29) is 76.3 Å². The maximum atomic E-state index is 14.9. The number of benzene rings is 5. The molecule has 12 aliphatic rings. The molecule has 2 saturated carbocycles. The summed E-state index contributed by atoms with van der Waals surface area (Å²) in [6.45, 7) is 28.9. The van der Waals surface area contributed by atoms with E-state index in [1.54, 1.807) is 36.5 Å². The lowest BCUT2D eigenvalue weighted by Crippen LogP contribution is -2.12. The van der Waals surface area contributed by atoms with E-state index in [4.69, 9.17) is 35.3 Å². The first-order valence-electron chi connectivity index (χ1n) is 49.2. The van der Waals surface area contributed by atoms with E-state index >= 15 is 0 Å². The summed E-state index contributed by atoms with van der Waals surface area (Å²) < 4.78 is 90.3. The van der Waals surface area contributed by atoms with Gasteiger partial charge in [0.2, 0.25) is 0 Å². The zero-order chi connectivity index (χ0) is 101. The third kappa shape index (κ3) is 24.7. The maximum Gasteiger partial charge on any atom is 0.325 e. The molecule has 23 rings (SSSR count). The molecule has 6 aromatic heterocycles. The summed E-state index contributed by atoms with van der Waals surface area (Å²) in [6, 6.07) is 27.9. The summed E-state index contributed by atoms with van der Waals surface area (Å²) in [5.41, 5.74) is 23.7. The number of ether oxygens (including phenoxy) is 5. The van der Waals surface area contributed by atoms with Crippen LogP contribution in [0.3, 0.4) is 0 Å². The number of aromatic nitrogens is 12. The molecule has 7 aliphatic carbocycles. The van der Waals surface area contributed by atoms with Gasteiger partial charge >= 0.3 is 30.1 Å². The molecule has 33 heteroatoms. The Bertz CT molecular complexity index is 7560. The highest BCUT2D eigenvalue weighted by molar-refractivity contribution is 6.34. The Morgan fingerprint density at radius 1 is 0.370 bits per heavy atom. The second-order valence-electron chi connectivity index (χ2n) is 38.0. The lowest BCUT2D eigenvalue weighted by atomic mass is 10.1. The number of aliphatic imine (C=N–C) groups is 5. The first kappa shape index (κ1) is 98.8. The molecule has 0 unspecified atom stereocenters. The van der Waals surface area contributed by atoms with Crippen molar-refractivity contribution in [3.8, 4) is 58.8 Å². The van der Waals surface area contributed by atoms with Crippen molar-refractivity contribution in [1.82, 2.24) is 59.4 Å². The average molecular weight is 1980 g/mol. The van der Waals surface area contributed by atoms with E-state index in [0.717, 1.165) is 173 Å². The number of amidine groups is 5. The van der Waals surface area contributed by atoms with E-state index in [2.05, 4.69) is 137 Å². The molecule has 5 aliphatic heterocycles. The van der Waals surface area contributed by atoms with Crippen molar-refractivity contribution in [1.29, 1.82) is 0 Å². The van der Waals surface area contributed by atoms with Gasteiger partial charge in [0.25, 0.3) is 0 Å². The van der Waals surface area contributed by atoms with Crippen LogP contribution in [0, 0.1) is 49.0 Å². The summed E-state index contributed by atoms with van der Waals surface area (Å²) in [7, 11) is 0. The molecule has 5 aromatic carbocycles. The number of aryl methyl sites for hydroxylation is 5. The molecule has 0 atom stereocenters. The van der Waals surface area contributed by atoms with E-state index < -0.39 is 0 Å². The van der Waals surface area contributed by atoms with Crippen molar-refractivity contribution >= 4 is 106 Å². The van der Waals surface area contributed by atoms with Crippen molar-refractivity contribution in [2.75, 3.05) is 71.2 Å². The van der Waals surface area contributed by atoms with Crippen molar-refractivity contribution in [3.05, 3.63) is 315 Å². The Balaban J connectivity index is 0.000000116. The van der Waals surface area contributed by atoms with Crippen molar-refractivity contribution < 1.29 is 41.2 Å². The number of nitrogens with zero attached hydrogens (tertiary/aromatic N) is 17. The van der Waals surface area contributed by atoms with Crippen molar-refractivity contribution in [3.63, 3.8) is 0 Å². The minimum absolute atomic E-state index is 0.101.